The maximum absolute atomic E-state index is 9.13. The van der Waals surface area contributed by atoms with Crippen molar-refractivity contribution < 1.29 is 9.84 Å². The highest BCUT2D eigenvalue weighted by molar-refractivity contribution is 5.31. The molecule has 0 bridgehead atoms. The molecule has 0 atom stereocenters. The van der Waals surface area contributed by atoms with Gasteiger partial charge in [0, 0.05) is 6.07 Å². The number of hydrogen-bond donors (Lipinski definition) is 1. The van der Waals surface area contributed by atoms with Crippen LogP contribution in [0.4, 0.5) is 0 Å². The molecule has 0 aromatic heterocycles. The zero-order valence-corrected chi connectivity index (χ0v) is 7.95. The van der Waals surface area contributed by atoms with Gasteiger partial charge in [-0.2, -0.15) is 0 Å². The third-order valence-electron chi connectivity index (χ3n) is 1.56. The molecule has 0 saturated heterocycles. The molecular weight excluding hydrogens is 164 g/mol. The highest BCUT2D eigenvalue weighted by Crippen LogP contribution is 2.17. The second kappa shape index (κ2) is 4.55. The number of phenols is 1. The van der Waals surface area contributed by atoms with Crippen LogP contribution in [0.3, 0.4) is 0 Å². The van der Waals surface area contributed by atoms with Crippen LogP contribution in [0.1, 0.15) is 13.8 Å². The lowest BCUT2D eigenvalue weighted by atomic mass is 10.3. The van der Waals surface area contributed by atoms with Crippen LogP contribution in [0.15, 0.2) is 35.9 Å². The zero-order chi connectivity index (χ0) is 9.68. The first-order chi connectivity index (χ1) is 6.18. The summed E-state index contributed by atoms with van der Waals surface area (Å²) in [5.41, 5.74) is 1.22. The second-order valence-corrected chi connectivity index (χ2v) is 3.09. The minimum absolute atomic E-state index is 0.231. The Balaban J connectivity index is 2.50. The van der Waals surface area contributed by atoms with Crippen LogP contribution in [-0.4, -0.2) is 11.7 Å². The van der Waals surface area contributed by atoms with Gasteiger partial charge in [-0.05, 0) is 32.1 Å². The Labute approximate surface area is 78.5 Å². The van der Waals surface area contributed by atoms with Gasteiger partial charge in [-0.25, -0.2) is 0 Å². The summed E-state index contributed by atoms with van der Waals surface area (Å²) in [6.07, 6.45) is 1.99. The lowest BCUT2D eigenvalue weighted by Gasteiger charge is -2.03. The summed E-state index contributed by atoms with van der Waals surface area (Å²) in [4.78, 5) is 0. The van der Waals surface area contributed by atoms with Gasteiger partial charge in [-0.1, -0.05) is 11.6 Å². The van der Waals surface area contributed by atoms with E-state index >= 15 is 0 Å². The van der Waals surface area contributed by atoms with Crippen LogP contribution < -0.4 is 4.74 Å². The maximum atomic E-state index is 9.13. The lowest BCUT2D eigenvalue weighted by molar-refractivity contribution is 0.358. The van der Waals surface area contributed by atoms with Crippen molar-refractivity contribution in [3.63, 3.8) is 0 Å². The quantitative estimate of drug-likeness (QED) is 0.721. The van der Waals surface area contributed by atoms with Crippen LogP contribution in [-0.2, 0) is 0 Å². The molecule has 0 fully saturated rings. The van der Waals surface area contributed by atoms with Crippen molar-refractivity contribution in [2.45, 2.75) is 13.8 Å². The van der Waals surface area contributed by atoms with Gasteiger partial charge < -0.3 is 9.84 Å². The first kappa shape index (κ1) is 9.65. The number of ether oxygens (including phenoxy) is 1. The molecule has 0 amide bonds. The smallest absolute Gasteiger partial charge is 0.123 e. The van der Waals surface area contributed by atoms with Gasteiger partial charge in [0.25, 0.3) is 0 Å². The molecule has 1 aromatic rings. The fourth-order valence-electron chi connectivity index (χ4n) is 0.878. The van der Waals surface area contributed by atoms with E-state index in [1.165, 1.54) is 5.57 Å². The molecule has 1 aromatic carbocycles. The van der Waals surface area contributed by atoms with E-state index in [0.29, 0.717) is 12.4 Å². The van der Waals surface area contributed by atoms with Crippen LogP contribution in [0.2, 0.25) is 0 Å². The summed E-state index contributed by atoms with van der Waals surface area (Å²) in [6, 6.07) is 6.79. The Morgan fingerprint density at radius 1 is 1.46 bits per heavy atom. The predicted octanol–water partition coefficient (Wildman–Crippen LogP) is 2.74. The molecule has 2 nitrogen and oxygen atoms in total. The third kappa shape index (κ3) is 3.65. The van der Waals surface area contributed by atoms with E-state index in [9.17, 15) is 0 Å². The number of aromatic hydroxyl groups is 1. The summed E-state index contributed by atoms with van der Waals surface area (Å²) in [7, 11) is 0. The van der Waals surface area contributed by atoms with Crippen molar-refractivity contribution >= 4 is 0 Å². The van der Waals surface area contributed by atoms with Gasteiger partial charge in [0.2, 0.25) is 0 Å². The summed E-state index contributed by atoms with van der Waals surface area (Å²) in [5.74, 6) is 0.923. The average molecular weight is 178 g/mol. The van der Waals surface area contributed by atoms with Crippen LogP contribution >= 0.6 is 0 Å². The van der Waals surface area contributed by atoms with Crippen molar-refractivity contribution in [3.8, 4) is 11.5 Å². The molecule has 0 aliphatic rings. The number of allylic oxidation sites excluding steroid dienone is 1. The number of benzene rings is 1. The minimum Gasteiger partial charge on any atom is -0.508 e. The standard InChI is InChI=1S/C11H14O2/c1-9(2)6-7-13-11-5-3-4-10(12)8-11/h3-6,8,12H,7H2,1-2H3. The number of hydrogen-bond acceptors (Lipinski definition) is 2. The van der Waals surface area contributed by atoms with Gasteiger partial charge in [0.1, 0.15) is 18.1 Å². The molecule has 0 unspecified atom stereocenters. The van der Waals surface area contributed by atoms with Gasteiger partial charge in [-0.15, -0.1) is 0 Å². The summed E-state index contributed by atoms with van der Waals surface area (Å²) < 4.78 is 5.36. The molecular formula is C11H14O2. The molecule has 1 N–H and O–H groups in total. The van der Waals surface area contributed by atoms with E-state index in [2.05, 4.69) is 0 Å². The van der Waals surface area contributed by atoms with Crippen molar-refractivity contribution in [2.75, 3.05) is 6.61 Å². The summed E-state index contributed by atoms with van der Waals surface area (Å²) in [5, 5.41) is 9.13. The van der Waals surface area contributed by atoms with E-state index in [0.717, 1.165) is 0 Å². The monoisotopic (exact) mass is 178 g/mol. The first-order valence-electron chi connectivity index (χ1n) is 4.23. The van der Waals surface area contributed by atoms with E-state index in [1.54, 1.807) is 18.2 Å². The molecule has 0 aliphatic heterocycles. The number of rotatable bonds is 3. The van der Waals surface area contributed by atoms with E-state index in [1.807, 2.05) is 26.0 Å². The normalized spacial score (nSPS) is 9.38. The SMILES string of the molecule is CC(C)=CCOc1cccc(O)c1. The highest BCUT2D eigenvalue weighted by atomic mass is 16.5. The fourth-order valence-corrected chi connectivity index (χ4v) is 0.878. The van der Waals surface area contributed by atoms with Gasteiger partial charge in [0.15, 0.2) is 0 Å². The van der Waals surface area contributed by atoms with Gasteiger partial charge >= 0.3 is 0 Å². The van der Waals surface area contributed by atoms with Crippen LogP contribution in [0.5, 0.6) is 11.5 Å². The predicted molar refractivity (Wildman–Crippen MR) is 53.0 cm³/mol. The fraction of sp³-hybridized carbons (Fsp3) is 0.273. The molecule has 0 spiro atoms. The summed E-state index contributed by atoms with van der Waals surface area (Å²) in [6.45, 7) is 4.59. The molecule has 13 heavy (non-hydrogen) atoms. The molecule has 1 rings (SSSR count). The lowest BCUT2D eigenvalue weighted by Crippen LogP contribution is -1.93. The Morgan fingerprint density at radius 2 is 2.23 bits per heavy atom. The van der Waals surface area contributed by atoms with E-state index in [-0.39, 0.29) is 5.75 Å². The molecule has 0 heterocycles. The molecule has 0 saturated carbocycles. The number of phenolic OH excluding ortho intramolecular Hbond substituents is 1. The van der Waals surface area contributed by atoms with Crippen LogP contribution in [0, 0.1) is 0 Å². The van der Waals surface area contributed by atoms with E-state index in [4.69, 9.17) is 9.84 Å². The van der Waals surface area contributed by atoms with Gasteiger partial charge in [0.05, 0.1) is 0 Å². The topological polar surface area (TPSA) is 29.5 Å². The molecule has 0 radical (unpaired) electrons. The van der Waals surface area contributed by atoms with Crippen LogP contribution in [0.25, 0.3) is 0 Å². The minimum atomic E-state index is 0.231. The molecule has 2 heteroatoms. The Bertz CT molecular complexity index is 299. The maximum Gasteiger partial charge on any atom is 0.123 e. The Kier molecular flexibility index (Phi) is 3.38. The van der Waals surface area contributed by atoms with E-state index < -0.39 is 0 Å². The second-order valence-electron chi connectivity index (χ2n) is 3.09. The Morgan fingerprint density at radius 3 is 2.85 bits per heavy atom. The largest absolute Gasteiger partial charge is 0.508 e. The third-order valence-corrected chi connectivity index (χ3v) is 1.56. The average Bonchev–Trinajstić information content (AvgIpc) is 2.03. The molecule has 0 aliphatic carbocycles. The first-order valence-corrected chi connectivity index (χ1v) is 4.23. The zero-order valence-electron chi connectivity index (χ0n) is 7.95. The van der Waals surface area contributed by atoms with Gasteiger partial charge in [-0.3, -0.25) is 0 Å². The van der Waals surface area contributed by atoms with Crippen molar-refractivity contribution in [3.05, 3.63) is 35.9 Å². The highest BCUT2D eigenvalue weighted by Gasteiger charge is 1.92. The van der Waals surface area contributed by atoms with Crippen molar-refractivity contribution in [2.24, 2.45) is 0 Å². The van der Waals surface area contributed by atoms with Crippen molar-refractivity contribution in [1.82, 2.24) is 0 Å². The summed E-state index contributed by atoms with van der Waals surface area (Å²) >= 11 is 0. The molecule has 70 valence electrons. The Hall–Kier alpha value is -1.44. The van der Waals surface area contributed by atoms with Crippen molar-refractivity contribution in [1.29, 1.82) is 0 Å².